The van der Waals surface area contributed by atoms with E-state index in [2.05, 4.69) is 9.61 Å². The van der Waals surface area contributed by atoms with Gasteiger partial charge in [-0.15, -0.1) is 0 Å². The number of aromatic amines is 1. The van der Waals surface area contributed by atoms with Crippen LogP contribution in [0.15, 0.2) is 30.5 Å². The maximum absolute atomic E-state index is 12.3. The van der Waals surface area contributed by atoms with Crippen molar-refractivity contribution in [1.29, 1.82) is 0 Å². The summed E-state index contributed by atoms with van der Waals surface area (Å²) in [4.78, 5) is 13.3. The molecule has 1 atom stereocenters. The highest BCUT2D eigenvalue weighted by Crippen LogP contribution is 2.59. The number of H-pyrrole nitrogens is 1. The highest BCUT2D eigenvalue weighted by Gasteiger charge is 2.46. The Bertz CT molecular complexity index is 634. The van der Waals surface area contributed by atoms with Gasteiger partial charge in [0.25, 0.3) is 0 Å². The smallest absolute Gasteiger partial charge is 0.350 e. The summed E-state index contributed by atoms with van der Waals surface area (Å²) in [6.45, 7) is 3.78. The van der Waals surface area contributed by atoms with Crippen LogP contribution >= 0.6 is 7.60 Å². The zero-order valence-corrected chi connectivity index (χ0v) is 12.7. The molecule has 0 aliphatic carbocycles. The molecule has 0 saturated heterocycles. The molecule has 1 aromatic carbocycles. The van der Waals surface area contributed by atoms with Crippen LogP contribution in [0.3, 0.4) is 0 Å². The average molecular weight is 296 g/mol. The second kappa shape index (κ2) is 5.70. The van der Waals surface area contributed by atoms with E-state index in [1.807, 2.05) is 44.3 Å². The van der Waals surface area contributed by atoms with Crippen LogP contribution < -0.4 is 5.90 Å². The molecule has 2 rings (SSSR count). The minimum Gasteiger partial charge on any atom is -0.361 e. The van der Waals surface area contributed by atoms with E-state index in [0.29, 0.717) is 19.3 Å². The molecule has 1 unspecified atom stereocenters. The second-order valence-electron chi connectivity index (χ2n) is 5.09. The first-order valence-electron chi connectivity index (χ1n) is 6.76. The number of rotatable bonds is 6. The molecule has 2 aromatic rings. The Hall–Kier alpha value is -1.13. The quantitative estimate of drug-likeness (QED) is 0.563. The largest absolute Gasteiger partial charge is 0.361 e. The van der Waals surface area contributed by atoms with E-state index in [1.54, 1.807) is 0 Å². The van der Waals surface area contributed by atoms with Crippen molar-refractivity contribution in [3.8, 4) is 0 Å². The first kappa shape index (κ1) is 15.3. The van der Waals surface area contributed by atoms with E-state index in [4.69, 9.17) is 5.90 Å². The first-order valence-corrected chi connectivity index (χ1v) is 8.34. The number of benzene rings is 1. The lowest BCUT2D eigenvalue weighted by Crippen LogP contribution is -2.32. The zero-order valence-electron chi connectivity index (χ0n) is 11.8. The number of nitrogens with two attached hydrogens (primary N) is 1. The SMILES string of the molecule is CCC(CC)(Cc1c[nH]c2ccccc12)P(=O)(O)ON. The molecule has 0 saturated carbocycles. The fourth-order valence-electron chi connectivity index (χ4n) is 2.74. The average Bonchev–Trinajstić information content (AvgIpc) is 2.87. The van der Waals surface area contributed by atoms with Crippen LogP contribution in [-0.4, -0.2) is 15.0 Å². The van der Waals surface area contributed by atoms with Gasteiger partial charge in [-0.25, -0.2) is 10.5 Å². The topological polar surface area (TPSA) is 88.3 Å². The van der Waals surface area contributed by atoms with Crippen LogP contribution in [0, 0.1) is 0 Å². The van der Waals surface area contributed by atoms with E-state index in [-0.39, 0.29) is 0 Å². The lowest BCUT2D eigenvalue weighted by Gasteiger charge is -2.33. The molecule has 0 spiro atoms. The third-order valence-corrected chi connectivity index (χ3v) is 6.53. The van der Waals surface area contributed by atoms with Gasteiger partial charge in [0.05, 0.1) is 5.16 Å². The minimum atomic E-state index is -3.87. The summed E-state index contributed by atoms with van der Waals surface area (Å²) < 4.78 is 16.8. The highest BCUT2D eigenvalue weighted by molar-refractivity contribution is 7.54. The van der Waals surface area contributed by atoms with Crippen LogP contribution in [0.5, 0.6) is 0 Å². The van der Waals surface area contributed by atoms with Crippen LogP contribution in [0.4, 0.5) is 0 Å². The fraction of sp³-hybridized carbons (Fsp3) is 0.429. The molecule has 6 heteroatoms. The molecule has 5 nitrogen and oxygen atoms in total. The Morgan fingerprint density at radius 3 is 2.60 bits per heavy atom. The fourth-order valence-corrected chi connectivity index (χ4v) is 4.14. The number of para-hydroxylation sites is 1. The molecule has 0 fully saturated rings. The summed E-state index contributed by atoms with van der Waals surface area (Å²) in [5.74, 6) is 5.06. The molecule has 1 heterocycles. The number of aromatic nitrogens is 1. The molecular weight excluding hydrogens is 275 g/mol. The van der Waals surface area contributed by atoms with Gasteiger partial charge in [0, 0.05) is 17.1 Å². The number of hydrogen-bond acceptors (Lipinski definition) is 3. The van der Waals surface area contributed by atoms with Crippen molar-refractivity contribution < 1.29 is 14.1 Å². The van der Waals surface area contributed by atoms with Gasteiger partial charge in [-0.2, -0.15) is 0 Å². The van der Waals surface area contributed by atoms with E-state index >= 15 is 0 Å². The lowest BCUT2D eigenvalue weighted by molar-refractivity contribution is 0.233. The van der Waals surface area contributed by atoms with Crippen molar-refractivity contribution in [3.05, 3.63) is 36.0 Å². The van der Waals surface area contributed by atoms with Gasteiger partial charge < -0.3 is 9.88 Å². The van der Waals surface area contributed by atoms with Gasteiger partial charge in [0.1, 0.15) is 0 Å². The van der Waals surface area contributed by atoms with Gasteiger partial charge in [-0.05, 0) is 30.9 Å². The van der Waals surface area contributed by atoms with Crippen LogP contribution in [0.2, 0.25) is 0 Å². The van der Waals surface area contributed by atoms with E-state index in [9.17, 15) is 9.46 Å². The summed E-state index contributed by atoms with van der Waals surface area (Å²) in [6.07, 6.45) is 3.39. The lowest BCUT2D eigenvalue weighted by atomic mass is 9.93. The van der Waals surface area contributed by atoms with Gasteiger partial charge in [-0.1, -0.05) is 32.0 Å². The Labute approximate surface area is 118 Å². The second-order valence-corrected chi connectivity index (χ2v) is 7.29. The first-order chi connectivity index (χ1) is 9.49. The van der Waals surface area contributed by atoms with Crippen molar-refractivity contribution in [3.63, 3.8) is 0 Å². The number of hydrogen-bond donors (Lipinski definition) is 3. The molecule has 4 N–H and O–H groups in total. The minimum absolute atomic E-state index is 0.453. The Balaban J connectivity index is 2.45. The molecule has 0 bridgehead atoms. The summed E-state index contributed by atoms with van der Waals surface area (Å²) in [5, 5.41) is 0.211. The van der Waals surface area contributed by atoms with Crippen molar-refractivity contribution in [2.75, 3.05) is 0 Å². The summed E-state index contributed by atoms with van der Waals surface area (Å²) in [6, 6.07) is 7.89. The highest BCUT2D eigenvalue weighted by atomic mass is 31.2. The zero-order chi connectivity index (χ0) is 14.8. The molecule has 0 amide bonds. The van der Waals surface area contributed by atoms with Crippen molar-refractivity contribution in [2.24, 2.45) is 5.90 Å². The van der Waals surface area contributed by atoms with Crippen LogP contribution in [0.1, 0.15) is 32.3 Å². The normalized spacial score (nSPS) is 15.4. The Kier molecular flexibility index (Phi) is 4.35. The predicted molar refractivity (Wildman–Crippen MR) is 80.4 cm³/mol. The van der Waals surface area contributed by atoms with Gasteiger partial charge in [-0.3, -0.25) is 4.57 Å². The molecular formula is C14H21N2O3P. The standard InChI is InChI=1S/C14H21N2O3P/c1-3-14(4-2,20(17,18)19-15)9-11-10-16-13-8-6-5-7-12(11)13/h5-8,10,16H,3-4,9,15H2,1-2H3,(H,17,18). The molecule has 20 heavy (non-hydrogen) atoms. The van der Waals surface area contributed by atoms with Crippen molar-refractivity contribution >= 4 is 18.5 Å². The monoisotopic (exact) mass is 296 g/mol. The third-order valence-electron chi connectivity index (χ3n) is 4.25. The number of nitrogens with one attached hydrogen (secondary N) is 1. The Morgan fingerprint density at radius 2 is 2.00 bits per heavy atom. The predicted octanol–water partition coefficient (Wildman–Crippen LogP) is 3.34. The summed E-state index contributed by atoms with van der Waals surface area (Å²) in [5.41, 5.74) is 2.03. The van der Waals surface area contributed by atoms with E-state index in [1.165, 1.54) is 0 Å². The number of fused-ring (bicyclic) bond motifs is 1. The van der Waals surface area contributed by atoms with E-state index in [0.717, 1.165) is 16.5 Å². The molecule has 0 aliphatic rings. The molecule has 110 valence electrons. The summed E-state index contributed by atoms with van der Waals surface area (Å²) in [7, 11) is -3.87. The van der Waals surface area contributed by atoms with Gasteiger partial charge >= 0.3 is 7.60 Å². The maximum Gasteiger partial charge on any atom is 0.350 e. The molecule has 0 aliphatic heterocycles. The Morgan fingerprint density at radius 1 is 1.35 bits per heavy atom. The maximum atomic E-state index is 12.3. The van der Waals surface area contributed by atoms with Gasteiger partial charge in [0.15, 0.2) is 0 Å². The molecule has 1 aromatic heterocycles. The van der Waals surface area contributed by atoms with E-state index < -0.39 is 12.8 Å². The van der Waals surface area contributed by atoms with Crippen LogP contribution in [-0.2, 0) is 15.6 Å². The van der Waals surface area contributed by atoms with Crippen molar-refractivity contribution in [2.45, 2.75) is 38.3 Å². The van der Waals surface area contributed by atoms with Crippen molar-refractivity contribution in [1.82, 2.24) is 4.98 Å². The summed E-state index contributed by atoms with van der Waals surface area (Å²) >= 11 is 0. The third kappa shape index (κ3) is 2.42. The van der Waals surface area contributed by atoms with Gasteiger partial charge in [0.2, 0.25) is 0 Å². The molecule has 0 radical (unpaired) electrons. The van der Waals surface area contributed by atoms with Crippen LogP contribution in [0.25, 0.3) is 10.9 Å².